The van der Waals surface area contributed by atoms with E-state index in [1.54, 1.807) is 0 Å². The van der Waals surface area contributed by atoms with Gasteiger partial charge >= 0.3 is 0 Å². The maximum Gasteiger partial charge on any atom is 0.141 e. The lowest BCUT2D eigenvalue weighted by molar-refractivity contribution is -0.117. The van der Waals surface area contributed by atoms with E-state index in [1.807, 2.05) is 60.7 Å². The van der Waals surface area contributed by atoms with Gasteiger partial charge < -0.3 is 0 Å². The van der Waals surface area contributed by atoms with E-state index < -0.39 is 0 Å². The third-order valence-corrected chi connectivity index (χ3v) is 4.98. The van der Waals surface area contributed by atoms with Gasteiger partial charge in [0.15, 0.2) is 0 Å². The van der Waals surface area contributed by atoms with Gasteiger partial charge in [0, 0.05) is 12.8 Å². The van der Waals surface area contributed by atoms with Crippen LogP contribution in [0.4, 0.5) is 0 Å². The highest BCUT2D eigenvalue weighted by molar-refractivity contribution is 5.87. The summed E-state index contributed by atoms with van der Waals surface area (Å²) in [6.07, 6.45) is 0.877. The molecule has 28 heavy (non-hydrogen) atoms. The van der Waals surface area contributed by atoms with Crippen LogP contribution in [0.15, 0.2) is 109 Å². The minimum Gasteiger partial charge on any atom is -0.299 e. The fourth-order valence-electron chi connectivity index (χ4n) is 3.63. The van der Waals surface area contributed by atoms with Crippen LogP contribution in [0.1, 0.15) is 11.1 Å². The lowest BCUT2D eigenvalue weighted by Crippen LogP contribution is -2.08. The summed E-state index contributed by atoms with van der Waals surface area (Å²) in [5, 5.41) is 0. The monoisotopic (exact) mass is 362 g/mol. The van der Waals surface area contributed by atoms with Crippen LogP contribution < -0.4 is 0 Å². The second-order valence-corrected chi connectivity index (χ2v) is 6.94. The van der Waals surface area contributed by atoms with Crippen LogP contribution in [0, 0.1) is 0 Å². The summed E-state index contributed by atoms with van der Waals surface area (Å²) in [6.45, 7) is 0. The third-order valence-electron chi connectivity index (χ3n) is 4.98. The van der Waals surface area contributed by atoms with Crippen molar-refractivity contribution in [2.75, 3.05) is 0 Å². The molecule has 0 amide bonds. The van der Waals surface area contributed by atoms with Crippen LogP contribution in [0.2, 0.25) is 0 Å². The van der Waals surface area contributed by atoms with Crippen molar-refractivity contribution in [2.45, 2.75) is 12.8 Å². The Balaban J connectivity index is 1.58. The number of ketones is 1. The third kappa shape index (κ3) is 4.10. The molecular formula is C27H22O. The highest BCUT2D eigenvalue weighted by Crippen LogP contribution is 2.26. The van der Waals surface area contributed by atoms with Gasteiger partial charge in [-0.2, -0.15) is 0 Å². The van der Waals surface area contributed by atoms with Crippen molar-refractivity contribution >= 4 is 5.78 Å². The Morgan fingerprint density at radius 1 is 0.464 bits per heavy atom. The fourth-order valence-corrected chi connectivity index (χ4v) is 3.63. The first kappa shape index (κ1) is 17.9. The normalized spacial score (nSPS) is 10.6. The maximum absolute atomic E-state index is 12.9. The van der Waals surface area contributed by atoms with Crippen LogP contribution in [-0.4, -0.2) is 5.78 Å². The van der Waals surface area contributed by atoms with E-state index >= 15 is 0 Å². The van der Waals surface area contributed by atoms with E-state index in [0.29, 0.717) is 12.8 Å². The van der Waals surface area contributed by atoms with Crippen LogP contribution >= 0.6 is 0 Å². The van der Waals surface area contributed by atoms with Gasteiger partial charge in [-0.1, -0.05) is 109 Å². The molecule has 0 saturated carbocycles. The first-order valence-corrected chi connectivity index (χ1v) is 9.59. The molecule has 0 N–H and O–H groups in total. The van der Waals surface area contributed by atoms with E-state index in [-0.39, 0.29) is 5.78 Å². The van der Waals surface area contributed by atoms with E-state index in [2.05, 4.69) is 48.5 Å². The van der Waals surface area contributed by atoms with Gasteiger partial charge in [-0.05, 0) is 33.4 Å². The Morgan fingerprint density at radius 3 is 1.25 bits per heavy atom. The Labute approximate surface area is 166 Å². The molecule has 0 saturated heterocycles. The molecule has 4 aromatic rings. The van der Waals surface area contributed by atoms with Crippen molar-refractivity contribution in [3.63, 3.8) is 0 Å². The van der Waals surface area contributed by atoms with Crippen LogP contribution in [0.5, 0.6) is 0 Å². The molecule has 0 radical (unpaired) electrons. The largest absolute Gasteiger partial charge is 0.299 e. The smallest absolute Gasteiger partial charge is 0.141 e. The first-order chi connectivity index (χ1) is 13.8. The van der Waals surface area contributed by atoms with E-state index in [4.69, 9.17) is 0 Å². The first-order valence-electron chi connectivity index (χ1n) is 9.59. The quantitative estimate of drug-likeness (QED) is 0.389. The predicted molar refractivity (Wildman–Crippen MR) is 116 cm³/mol. The Bertz CT molecular complexity index is 978. The summed E-state index contributed by atoms with van der Waals surface area (Å²) < 4.78 is 0. The van der Waals surface area contributed by atoms with Crippen molar-refractivity contribution in [1.82, 2.24) is 0 Å². The van der Waals surface area contributed by atoms with Gasteiger partial charge in [0.2, 0.25) is 0 Å². The summed E-state index contributed by atoms with van der Waals surface area (Å²) in [7, 11) is 0. The molecule has 136 valence electrons. The number of hydrogen-bond acceptors (Lipinski definition) is 1. The van der Waals surface area contributed by atoms with Crippen molar-refractivity contribution in [3.8, 4) is 22.3 Å². The van der Waals surface area contributed by atoms with E-state index in [0.717, 1.165) is 33.4 Å². The Hall–Kier alpha value is -3.45. The minimum atomic E-state index is 0.228. The standard InChI is InChI=1S/C27H22O/c28-25(19-23-15-7-9-17-26(23)21-11-3-1-4-12-21)20-24-16-8-10-18-27(24)22-13-5-2-6-14-22/h1-18H,19-20H2. The number of benzene rings is 4. The molecule has 1 nitrogen and oxygen atoms in total. The molecule has 0 aromatic heterocycles. The molecule has 1 heteroatoms. The molecule has 0 unspecified atom stereocenters. The van der Waals surface area contributed by atoms with Crippen molar-refractivity contribution in [3.05, 3.63) is 120 Å². The number of carbonyl (C=O) groups is 1. The van der Waals surface area contributed by atoms with E-state index in [9.17, 15) is 4.79 Å². The lowest BCUT2D eigenvalue weighted by atomic mass is 9.92. The second kappa shape index (κ2) is 8.49. The number of hydrogen-bond donors (Lipinski definition) is 0. The van der Waals surface area contributed by atoms with Gasteiger partial charge in [-0.15, -0.1) is 0 Å². The van der Waals surface area contributed by atoms with Crippen molar-refractivity contribution in [1.29, 1.82) is 0 Å². The summed E-state index contributed by atoms with van der Waals surface area (Å²) in [5.41, 5.74) is 6.72. The molecule has 0 spiro atoms. The highest BCUT2D eigenvalue weighted by Gasteiger charge is 2.12. The molecule has 0 heterocycles. The Kier molecular flexibility index (Phi) is 5.44. The zero-order valence-corrected chi connectivity index (χ0v) is 15.7. The van der Waals surface area contributed by atoms with E-state index in [1.165, 1.54) is 0 Å². The zero-order valence-electron chi connectivity index (χ0n) is 15.7. The molecule has 0 aliphatic heterocycles. The summed E-state index contributed by atoms with van der Waals surface area (Å²) in [5.74, 6) is 0.228. The van der Waals surface area contributed by atoms with Gasteiger partial charge in [-0.3, -0.25) is 4.79 Å². The molecule has 0 atom stereocenters. The highest BCUT2D eigenvalue weighted by atomic mass is 16.1. The molecule has 0 aliphatic carbocycles. The van der Waals surface area contributed by atoms with Crippen molar-refractivity contribution < 1.29 is 4.79 Å². The average molecular weight is 362 g/mol. The molecule has 0 bridgehead atoms. The van der Waals surface area contributed by atoms with Gasteiger partial charge in [0.1, 0.15) is 5.78 Å². The molecule has 4 aromatic carbocycles. The SMILES string of the molecule is O=C(Cc1ccccc1-c1ccccc1)Cc1ccccc1-c1ccccc1. The van der Waals surface area contributed by atoms with Gasteiger partial charge in [-0.25, -0.2) is 0 Å². The van der Waals surface area contributed by atoms with Gasteiger partial charge in [0.25, 0.3) is 0 Å². The molecule has 0 aliphatic rings. The molecule has 4 rings (SSSR count). The molecule has 0 fully saturated rings. The maximum atomic E-state index is 12.9. The Morgan fingerprint density at radius 2 is 0.821 bits per heavy atom. The lowest BCUT2D eigenvalue weighted by Gasteiger charge is -2.11. The summed E-state index contributed by atoms with van der Waals surface area (Å²) in [6, 6.07) is 36.9. The number of rotatable bonds is 6. The topological polar surface area (TPSA) is 17.1 Å². The predicted octanol–water partition coefficient (Wildman–Crippen LogP) is 6.37. The van der Waals surface area contributed by atoms with Gasteiger partial charge in [0.05, 0.1) is 0 Å². The number of carbonyl (C=O) groups excluding carboxylic acids is 1. The second-order valence-electron chi connectivity index (χ2n) is 6.94. The molecular weight excluding hydrogens is 340 g/mol. The van der Waals surface area contributed by atoms with Crippen LogP contribution in [-0.2, 0) is 17.6 Å². The van der Waals surface area contributed by atoms with Crippen LogP contribution in [0.3, 0.4) is 0 Å². The average Bonchev–Trinajstić information content (AvgIpc) is 2.76. The zero-order chi connectivity index (χ0) is 19.2. The van der Waals surface area contributed by atoms with Crippen LogP contribution in [0.25, 0.3) is 22.3 Å². The van der Waals surface area contributed by atoms with Crippen molar-refractivity contribution in [2.24, 2.45) is 0 Å². The summed E-state index contributed by atoms with van der Waals surface area (Å²) >= 11 is 0. The number of Topliss-reactive ketones (excluding diaryl/α,β-unsaturated/α-hetero) is 1. The minimum absolute atomic E-state index is 0.228. The summed E-state index contributed by atoms with van der Waals surface area (Å²) in [4.78, 5) is 12.9. The fraction of sp³-hybridized carbons (Fsp3) is 0.0741.